The van der Waals surface area contributed by atoms with Crippen molar-refractivity contribution in [2.24, 2.45) is 0 Å². The van der Waals surface area contributed by atoms with E-state index in [0.29, 0.717) is 46.0 Å². The maximum Gasteiger partial charge on any atom is 0.305 e. The number of ether oxygens (including phenoxy) is 3. The lowest BCUT2D eigenvalue weighted by Crippen LogP contribution is -2.27. The van der Waals surface area contributed by atoms with E-state index in [9.17, 15) is 9.59 Å². The first-order valence-corrected chi connectivity index (χ1v) is 6.88. The van der Waals surface area contributed by atoms with Crippen LogP contribution in [-0.4, -0.2) is 63.2 Å². The molecule has 118 valence electrons. The molecule has 0 atom stereocenters. The Hall–Kier alpha value is -1.18. The molecule has 0 heterocycles. The maximum absolute atomic E-state index is 11.1. The first-order chi connectivity index (χ1) is 9.66. The highest BCUT2D eigenvalue weighted by Gasteiger charge is 1.98. The monoisotopic (exact) mass is 291 g/mol. The topological polar surface area (TPSA) is 94.1 Å². The number of rotatable bonds is 14. The summed E-state index contributed by atoms with van der Waals surface area (Å²) < 4.78 is 15.5. The third-order valence-corrected chi connectivity index (χ3v) is 2.25. The van der Waals surface area contributed by atoms with Crippen LogP contribution >= 0.6 is 0 Å². The number of aliphatic carboxylic acids is 1. The van der Waals surface area contributed by atoms with E-state index in [1.54, 1.807) is 0 Å². The molecule has 0 spiro atoms. The van der Waals surface area contributed by atoms with Crippen LogP contribution in [0, 0.1) is 0 Å². The number of nitrogens with one attached hydrogen (secondary N) is 1. The summed E-state index contributed by atoms with van der Waals surface area (Å²) in [5, 5.41) is 11.1. The molecule has 0 aliphatic carbocycles. The molecular weight excluding hydrogens is 266 g/mol. The van der Waals surface area contributed by atoms with Gasteiger partial charge in [-0.3, -0.25) is 9.59 Å². The van der Waals surface area contributed by atoms with Gasteiger partial charge in [-0.25, -0.2) is 0 Å². The summed E-state index contributed by atoms with van der Waals surface area (Å²) in [4.78, 5) is 21.3. The van der Waals surface area contributed by atoms with Crippen molar-refractivity contribution in [2.75, 3.05) is 46.2 Å². The van der Waals surface area contributed by atoms with Crippen LogP contribution in [0.5, 0.6) is 0 Å². The van der Waals surface area contributed by atoms with E-state index in [2.05, 4.69) is 5.32 Å². The summed E-state index contributed by atoms with van der Waals surface area (Å²) in [7, 11) is 0. The smallest absolute Gasteiger partial charge is 0.305 e. The highest BCUT2D eigenvalue weighted by molar-refractivity contribution is 5.75. The standard InChI is InChI=1S/C13H25NO6/c1-2-3-12(15)14-5-7-19-9-11-20-10-8-18-6-4-13(16)17/h2-11H2,1H3,(H,14,15)(H,16,17). The van der Waals surface area contributed by atoms with Crippen molar-refractivity contribution in [1.82, 2.24) is 5.32 Å². The number of amides is 1. The molecule has 0 saturated carbocycles. The number of hydrogen-bond acceptors (Lipinski definition) is 5. The molecular formula is C13H25NO6. The highest BCUT2D eigenvalue weighted by atomic mass is 16.5. The Morgan fingerprint density at radius 2 is 1.45 bits per heavy atom. The van der Waals surface area contributed by atoms with Crippen LogP contribution < -0.4 is 5.32 Å². The molecule has 7 nitrogen and oxygen atoms in total. The van der Waals surface area contributed by atoms with Gasteiger partial charge in [-0.2, -0.15) is 0 Å². The van der Waals surface area contributed by atoms with Crippen LogP contribution in [0.2, 0.25) is 0 Å². The summed E-state index contributed by atoms with van der Waals surface area (Å²) >= 11 is 0. The van der Waals surface area contributed by atoms with Gasteiger partial charge in [-0.05, 0) is 6.42 Å². The van der Waals surface area contributed by atoms with Gasteiger partial charge in [0.2, 0.25) is 5.91 Å². The van der Waals surface area contributed by atoms with Crippen LogP contribution in [0.25, 0.3) is 0 Å². The fourth-order valence-electron chi connectivity index (χ4n) is 1.28. The third kappa shape index (κ3) is 14.9. The second kappa shape index (κ2) is 14.2. The van der Waals surface area contributed by atoms with Crippen molar-refractivity contribution < 1.29 is 28.9 Å². The predicted octanol–water partition coefficient (Wildman–Crippen LogP) is 0.427. The van der Waals surface area contributed by atoms with E-state index in [1.165, 1.54) is 0 Å². The second-order valence-electron chi connectivity index (χ2n) is 4.08. The van der Waals surface area contributed by atoms with Crippen molar-refractivity contribution in [3.63, 3.8) is 0 Å². The van der Waals surface area contributed by atoms with E-state index in [0.717, 1.165) is 6.42 Å². The first-order valence-electron chi connectivity index (χ1n) is 6.88. The van der Waals surface area contributed by atoms with E-state index in [-0.39, 0.29) is 18.9 Å². The third-order valence-electron chi connectivity index (χ3n) is 2.25. The minimum atomic E-state index is -0.870. The number of carboxylic acids is 1. The zero-order valence-corrected chi connectivity index (χ0v) is 12.1. The van der Waals surface area contributed by atoms with Crippen molar-refractivity contribution >= 4 is 11.9 Å². The van der Waals surface area contributed by atoms with Crippen LogP contribution in [0.1, 0.15) is 26.2 Å². The number of carboxylic acid groups (broad SMARTS) is 1. The Morgan fingerprint density at radius 1 is 0.900 bits per heavy atom. The van der Waals surface area contributed by atoms with Gasteiger partial charge >= 0.3 is 5.97 Å². The molecule has 0 bridgehead atoms. The molecule has 0 radical (unpaired) electrons. The normalized spacial score (nSPS) is 10.4. The molecule has 1 amide bonds. The summed E-state index contributed by atoms with van der Waals surface area (Å²) in [6, 6.07) is 0. The van der Waals surface area contributed by atoms with Crippen LogP contribution in [0.3, 0.4) is 0 Å². The van der Waals surface area contributed by atoms with E-state index in [4.69, 9.17) is 19.3 Å². The maximum atomic E-state index is 11.1. The Labute approximate surface area is 119 Å². The second-order valence-corrected chi connectivity index (χ2v) is 4.08. The largest absolute Gasteiger partial charge is 0.481 e. The molecule has 0 fully saturated rings. The van der Waals surface area contributed by atoms with Gasteiger partial charge in [0.25, 0.3) is 0 Å². The number of carbonyl (C=O) groups excluding carboxylic acids is 1. The molecule has 0 aliphatic heterocycles. The fraction of sp³-hybridized carbons (Fsp3) is 0.846. The van der Waals surface area contributed by atoms with Crippen molar-refractivity contribution in [2.45, 2.75) is 26.2 Å². The van der Waals surface area contributed by atoms with Gasteiger partial charge in [0.15, 0.2) is 0 Å². The fourth-order valence-corrected chi connectivity index (χ4v) is 1.28. The van der Waals surface area contributed by atoms with Crippen molar-refractivity contribution in [3.05, 3.63) is 0 Å². The Morgan fingerprint density at radius 3 is 2.00 bits per heavy atom. The molecule has 0 aromatic carbocycles. The Balaban J connectivity index is 3.06. The van der Waals surface area contributed by atoms with Gasteiger partial charge in [0.1, 0.15) is 0 Å². The van der Waals surface area contributed by atoms with E-state index in [1.807, 2.05) is 6.92 Å². The van der Waals surface area contributed by atoms with Gasteiger partial charge in [-0.15, -0.1) is 0 Å². The number of hydrogen-bond donors (Lipinski definition) is 2. The lowest BCUT2D eigenvalue weighted by Gasteiger charge is -2.07. The average molecular weight is 291 g/mol. The summed E-state index contributed by atoms with van der Waals surface area (Å²) in [5.74, 6) is -0.823. The molecule has 0 rings (SSSR count). The lowest BCUT2D eigenvalue weighted by molar-refractivity contribution is -0.138. The van der Waals surface area contributed by atoms with Gasteiger partial charge in [0, 0.05) is 13.0 Å². The van der Waals surface area contributed by atoms with Crippen molar-refractivity contribution in [1.29, 1.82) is 0 Å². The molecule has 2 N–H and O–H groups in total. The summed E-state index contributed by atoms with van der Waals surface area (Å²) in [6.45, 7) is 4.83. The van der Waals surface area contributed by atoms with E-state index >= 15 is 0 Å². The first kappa shape index (κ1) is 18.8. The average Bonchev–Trinajstić information content (AvgIpc) is 2.40. The summed E-state index contributed by atoms with van der Waals surface area (Å²) in [5.41, 5.74) is 0. The highest BCUT2D eigenvalue weighted by Crippen LogP contribution is 1.86. The van der Waals surface area contributed by atoms with Crippen LogP contribution in [0.15, 0.2) is 0 Å². The minimum absolute atomic E-state index is 0.00681. The number of carbonyl (C=O) groups is 2. The Bertz CT molecular complexity index is 259. The zero-order valence-electron chi connectivity index (χ0n) is 12.1. The van der Waals surface area contributed by atoms with Gasteiger partial charge in [-0.1, -0.05) is 6.92 Å². The Kier molecular flexibility index (Phi) is 13.4. The lowest BCUT2D eigenvalue weighted by atomic mass is 10.3. The van der Waals surface area contributed by atoms with E-state index < -0.39 is 5.97 Å². The van der Waals surface area contributed by atoms with Crippen LogP contribution in [0.4, 0.5) is 0 Å². The van der Waals surface area contributed by atoms with Gasteiger partial charge in [0.05, 0.1) is 46.1 Å². The minimum Gasteiger partial charge on any atom is -0.481 e. The molecule has 0 aromatic heterocycles. The molecule has 0 aliphatic rings. The molecule has 20 heavy (non-hydrogen) atoms. The predicted molar refractivity (Wildman–Crippen MR) is 72.6 cm³/mol. The molecule has 0 unspecified atom stereocenters. The SMILES string of the molecule is CCCC(=O)NCCOCCOCCOCCC(=O)O. The molecule has 7 heteroatoms. The van der Waals surface area contributed by atoms with Crippen molar-refractivity contribution in [3.8, 4) is 0 Å². The quantitative estimate of drug-likeness (QED) is 0.451. The zero-order chi connectivity index (χ0) is 15.1. The van der Waals surface area contributed by atoms with Crippen LogP contribution in [-0.2, 0) is 23.8 Å². The molecule has 0 aromatic rings. The summed E-state index contributed by atoms with van der Waals surface area (Å²) in [6.07, 6.45) is 1.40. The van der Waals surface area contributed by atoms with Gasteiger partial charge < -0.3 is 24.6 Å². The molecule has 0 saturated heterocycles.